The number of hydrogen-bond donors (Lipinski definition) is 0. The average Bonchev–Trinajstić information content (AvgIpc) is 3.04. The lowest BCUT2D eigenvalue weighted by molar-refractivity contribution is 0.0293. The number of hydrogen-bond acceptors (Lipinski definition) is 2. The van der Waals surface area contributed by atoms with Gasteiger partial charge in [0.05, 0.1) is 0 Å². The van der Waals surface area contributed by atoms with Crippen molar-refractivity contribution in [3.05, 3.63) is 47.5 Å². The molecule has 2 nitrogen and oxygen atoms in total. The summed E-state index contributed by atoms with van der Waals surface area (Å²) in [6.45, 7) is 5.29. The molecule has 2 aromatic rings. The van der Waals surface area contributed by atoms with E-state index >= 15 is 0 Å². The predicted molar refractivity (Wildman–Crippen MR) is 91.2 cm³/mol. The van der Waals surface area contributed by atoms with Crippen LogP contribution in [0, 0.1) is 6.92 Å². The van der Waals surface area contributed by atoms with E-state index in [0.29, 0.717) is 12.1 Å². The zero-order chi connectivity index (χ0) is 14.9. The SMILES string of the molecule is Cc1ccc2c(C3CCCN3C3CCOCC3)cccc2c1. The Morgan fingerprint density at radius 2 is 1.91 bits per heavy atom. The molecule has 0 N–H and O–H groups in total. The molecule has 0 amide bonds. The lowest BCUT2D eigenvalue weighted by Gasteiger charge is -2.36. The van der Waals surface area contributed by atoms with Crippen LogP contribution in [0.5, 0.6) is 0 Å². The fraction of sp³-hybridized carbons (Fsp3) is 0.500. The van der Waals surface area contributed by atoms with Crippen LogP contribution in [0.4, 0.5) is 0 Å². The first-order valence-electron chi connectivity index (χ1n) is 8.66. The van der Waals surface area contributed by atoms with E-state index in [4.69, 9.17) is 4.74 Å². The summed E-state index contributed by atoms with van der Waals surface area (Å²) in [5.41, 5.74) is 2.87. The van der Waals surface area contributed by atoms with Gasteiger partial charge in [-0.05, 0) is 55.5 Å². The van der Waals surface area contributed by atoms with Crippen LogP contribution in [0.1, 0.15) is 42.9 Å². The van der Waals surface area contributed by atoms with Crippen LogP contribution < -0.4 is 0 Å². The van der Waals surface area contributed by atoms with Gasteiger partial charge in [-0.25, -0.2) is 0 Å². The largest absolute Gasteiger partial charge is 0.381 e. The topological polar surface area (TPSA) is 12.5 Å². The molecular weight excluding hydrogens is 270 g/mol. The van der Waals surface area contributed by atoms with Gasteiger partial charge in [0.1, 0.15) is 0 Å². The van der Waals surface area contributed by atoms with Crippen LogP contribution in [-0.2, 0) is 4.74 Å². The molecule has 2 fully saturated rings. The first-order chi connectivity index (χ1) is 10.8. The van der Waals surface area contributed by atoms with Gasteiger partial charge in [-0.15, -0.1) is 0 Å². The molecule has 1 unspecified atom stereocenters. The second-order valence-electron chi connectivity index (χ2n) is 6.81. The second kappa shape index (κ2) is 6.02. The Hall–Kier alpha value is -1.38. The summed E-state index contributed by atoms with van der Waals surface area (Å²) in [5.74, 6) is 0. The summed E-state index contributed by atoms with van der Waals surface area (Å²) in [5, 5.41) is 2.83. The number of ether oxygens (including phenoxy) is 1. The third-order valence-corrected chi connectivity index (χ3v) is 5.38. The molecule has 0 bridgehead atoms. The Labute approximate surface area is 133 Å². The van der Waals surface area contributed by atoms with Gasteiger partial charge < -0.3 is 4.74 Å². The van der Waals surface area contributed by atoms with Crippen LogP contribution >= 0.6 is 0 Å². The second-order valence-corrected chi connectivity index (χ2v) is 6.81. The van der Waals surface area contributed by atoms with Crippen LogP contribution in [0.3, 0.4) is 0 Å². The molecule has 2 aliphatic rings. The molecule has 2 aliphatic heterocycles. The molecule has 0 aromatic heterocycles. The number of rotatable bonds is 2. The number of benzene rings is 2. The fourth-order valence-corrected chi connectivity index (χ4v) is 4.30. The highest BCUT2D eigenvalue weighted by Gasteiger charge is 2.33. The van der Waals surface area contributed by atoms with Gasteiger partial charge in [-0.3, -0.25) is 4.90 Å². The predicted octanol–water partition coefficient (Wildman–Crippen LogP) is 4.46. The van der Waals surface area contributed by atoms with Crippen molar-refractivity contribution in [2.75, 3.05) is 19.8 Å². The number of nitrogens with zero attached hydrogens (tertiary/aromatic N) is 1. The smallest absolute Gasteiger partial charge is 0.0480 e. The van der Waals surface area contributed by atoms with Crippen LogP contribution in [0.25, 0.3) is 10.8 Å². The highest BCUT2D eigenvalue weighted by Crippen LogP contribution is 2.38. The lowest BCUT2D eigenvalue weighted by Crippen LogP contribution is -2.39. The molecule has 2 heteroatoms. The van der Waals surface area contributed by atoms with Gasteiger partial charge >= 0.3 is 0 Å². The minimum absolute atomic E-state index is 0.592. The van der Waals surface area contributed by atoms with Crippen molar-refractivity contribution in [2.45, 2.75) is 44.7 Å². The quantitative estimate of drug-likeness (QED) is 0.811. The highest BCUT2D eigenvalue weighted by atomic mass is 16.5. The Balaban J connectivity index is 1.70. The molecule has 0 radical (unpaired) electrons. The minimum atomic E-state index is 0.592. The van der Waals surface area contributed by atoms with Crippen molar-refractivity contribution in [1.29, 1.82) is 0 Å². The van der Waals surface area contributed by atoms with Crippen molar-refractivity contribution in [3.8, 4) is 0 Å². The number of aryl methyl sites for hydroxylation is 1. The summed E-state index contributed by atoms with van der Waals surface area (Å²) < 4.78 is 5.56. The van der Waals surface area contributed by atoms with Gasteiger partial charge in [-0.2, -0.15) is 0 Å². The molecule has 0 spiro atoms. The van der Waals surface area contributed by atoms with Crippen LogP contribution in [-0.4, -0.2) is 30.7 Å². The number of fused-ring (bicyclic) bond motifs is 1. The Bertz CT molecular complexity index is 660. The van der Waals surface area contributed by atoms with Gasteiger partial charge in [0.25, 0.3) is 0 Å². The van der Waals surface area contributed by atoms with Gasteiger partial charge in [0.2, 0.25) is 0 Å². The summed E-state index contributed by atoms with van der Waals surface area (Å²) >= 11 is 0. The maximum Gasteiger partial charge on any atom is 0.0480 e. The van der Waals surface area contributed by atoms with Gasteiger partial charge in [0, 0.05) is 25.3 Å². The van der Waals surface area contributed by atoms with Crippen molar-refractivity contribution in [3.63, 3.8) is 0 Å². The maximum absolute atomic E-state index is 5.56. The van der Waals surface area contributed by atoms with E-state index < -0.39 is 0 Å². The van der Waals surface area contributed by atoms with Crippen molar-refractivity contribution in [2.24, 2.45) is 0 Å². The standard InChI is InChI=1S/C20H25NO/c1-15-7-8-18-16(14-15)4-2-5-19(18)20-6-3-11-21(20)17-9-12-22-13-10-17/h2,4-5,7-8,14,17,20H,3,6,9-13H2,1H3. The van der Waals surface area contributed by atoms with E-state index in [2.05, 4.69) is 48.2 Å². The summed E-state index contributed by atoms with van der Waals surface area (Å²) in [6, 6.07) is 15.0. The molecule has 22 heavy (non-hydrogen) atoms. The fourth-order valence-electron chi connectivity index (χ4n) is 4.30. The average molecular weight is 295 g/mol. The third kappa shape index (κ3) is 2.55. The van der Waals surface area contributed by atoms with Crippen molar-refractivity contribution < 1.29 is 4.74 Å². The zero-order valence-corrected chi connectivity index (χ0v) is 13.4. The monoisotopic (exact) mass is 295 g/mol. The summed E-state index contributed by atoms with van der Waals surface area (Å²) in [6.07, 6.45) is 5.01. The van der Waals surface area contributed by atoms with E-state index in [1.54, 1.807) is 0 Å². The van der Waals surface area contributed by atoms with Gasteiger partial charge in [-0.1, -0.05) is 42.0 Å². The molecular formula is C20H25NO. The highest BCUT2D eigenvalue weighted by molar-refractivity contribution is 5.86. The van der Waals surface area contributed by atoms with E-state index in [0.717, 1.165) is 13.2 Å². The van der Waals surface area contributed by atoms with Crippen LogP contribution in [0.2, 0.25) is 0 Å². The molecule has 2 aromatic carbocycles. The van der Waals surface area contributed by atoms with Crippen molar-refractivity contribution in [1.82, 2.24) is 4.90 Å². The minimum Gasteiger partial charge on any atom is -0.381 e. The van der Waals surface area contributed by atoms with Gasteiger partial charge in [0.15, 0.2) is 0 Å². The molecule has 1 atom stereocenters. The number of likely N-dealkylation sites (tertiary alicyclic amines) is 1. The lowest BCUT2D eigenvalue weighted by atomic mass is 9.95. The zero-order valence-electron chi connectivity index (χ0n) is 13.4. The summed E-state index contributed by atoms with van der Waals surface area (Å²) in [4.78, 5) is 2.76. The van der Waals surface area contributed by atoms with E-state index in [1.807, 2.05) is 0 Å². The molecule has 4 rings (SSSR count). The molecule has 116 valence electrons. The Morgan fingerprint density at radius 1 is 1.05 bits per heavy atom. The molecule has 2 saturated heterocycles. The Kier molecular flexibility index (Phi) is 3.89. The van der Waals surface area contributed by atoms with E-state index in [1.165, 1.54) is 54.1 Å². The van der Waals surface area contributed by atoms with E-state index in [-0.39, 0.29) is 0 Å². The first kappa shape index (κ1) is 14.2. The van der Waals surface area contributed by atoms with Crippen LogP contribution in [0.15, 0.2) is 36.4 Å². The van der Waals surface area contributed by atoms with E-state index in [9.17, 15) is 0 Å². The first-order valence-corrected chi connectivity index (χ1v) is 8.66. The normalized spacial score (nSPS) is 24.1. The molecule has 0 saturated carbocycles. The maximum atomic E-state index is 5.56. The molecule has 2 heterocycles. The molecule has 0 aliphatic carbocycles. The summed E-state index contributed by atoms with van der Waals surface area (Å²) in [7, 11) is 0. The Morgan fingerprint density at radius 3 is 2.77 bits per heavy atom. The van der Waals surface area contributed by atoms with Crippen molar-refractivity contribution >= 4 is 10.8 Å². The third-order valence-electron chi connectivity index (χ3n) is 5.38.